The first kappa shape index (κ1) is 13.8. The molecule has 4 heteroatoms. The van der Waals surface area contributed by atoms with Crippen LogP contribution in [0.4, 0.5) is 0 Å². The van der Waals surface area contributed by atoms with Crippen molar-refractivity contribution in [3.63, 3.8) is 0 Å². The second-order valence-corrected chi connectivity index (χ2v) is 5.92. The molecule has 0 bridgehead atoms. The van der Waals surface area contributed by atoms with E-state index in [2.05, 4.69) is 5.32 Å². The molecule has 0 aromatic carbocycles. The molecule has 2 aliphatic carbocycles. The van der Waals surface area contributed by atoms with Gasteiger partial charge in [0.25, 0.3) is 0 Å². The number of aliphatic hydroxyl groups is 1. The zero-order valence-corrected chi connectivity index (χ0v) is 11.1. The Morgan fingerprint density at radius 3 is 2.39 bits per heavy atom. The second kappa shape index (κ2) is 6.53. The van der Waals surface area contributed by atoms with Gasteiger partial charge in [-0.2, -0.15) is 0 Å². The Balaban J connectivity index is 1.77. The average Bonchev–Trinajstić information content (AvgIpc) is 2.41. The second-order valence-electron chi connectivity index (χ2n) is 5.92. The third-order valence-corrected chi connectivity index (χ3v) is 4.61. The minimum Gasteiger partial charge on any atom is -0.391 e. The predicted molar refractivity (Wildman–Crippen MR) is 70.9 cm³/mol. The molecule has 0 aliphatic heterocycles. The van der Waals surface area contributed by atoms with Crippen molar-refractivity contribution >= 4 is 5.91 Å². The summed E-state index contributed by atoms with van der Waals surface area (Å²) >= 11 is 0. The Morgan fingerprint density at radius 2 is 1.78 bits per heavy atom. The van der Waals surface area contributed by atoms with Gasteiger partial charge in [0.15, 0.2) is 0 Å². The van der Waals surface area contributed by atoms with E-state index in [9.17, 15) is 9.90 Å². The minimum atomic E-state index is -0.344. The van der Waals surface area contributed by atoms with Gasteiger partial charge in [0.1, 0.15) is 0 Å². The summed E-state index contributed by atoms with van der Waals surface area (Å²) in [5.41, 5.74) is 5.66. The molecule has 2 aliphatic rings. The number of carbonyl (C=O) groups excluding carboxylic acids is 1. The summed E-state index contributed by atoms with van der Waals surface area (Å²) in [6, 6.07) is -0.0153. The fourth-order valence-electron chi connectivity index (χ4n) is 3.24. The van der Waals surface area contributed by atoms with Crippen LogP contribution in [0.15, 0.2) is 0 Å². The topological polar surface area (TPSA) is 75.4 Å². The maximum atomic E-state index is 12.2. The molecule has 2 unspecified atom stereocenters. The Bertz CT molecular complexity index is 275. The Labute approximate surface area is 109 Å². The van der Waals surface area contributed by atoms with Gasteiger partial charge in [-0.3, -0.25) is 4.79 Å². The van der Waals surface area contributed by atoms with E-state index in [0.29, 0.717) is 5.92 Å². The number of hydrogen-bond acceptors (Lipinski definition) is 3. The molecule has 0 heterocycles. The first-order valence-electron chi connectivity index (χ1n) is 7.39. The van der Waals surface area contributed by atoms with Crippen molar-refractivity contribution in [1.82, 2.24) is 5.32 Å². The smallest absolute Gasteiger partial charge is 0.223 e. The monoisotopic (exact) mass is 254 g/mol. The lowest BCUT2D eigenvalue weighted by Crippen LogP contribution is -2.47. The third kappa shape index (κ3) is 3.45. The third-order valence-electron chi connectivity index (χ3n) is 4.61. The normalized spacial score (nSPS) is 37.2. The van der Waals surface area contributed by atoms with Gasteiger partial charge in [-0.05, 0) is 51.0 Å². The highest BCUT2D eigenvalue weighted by Gasteiger charge is 2.30. The summed E-state index contributed by atoms with van der Waals surface area (Å²) < 4.78 is 0. The number of aliphatic hydroxyl groups excluding tert-OH is 1. The van der Waals surface area contributed by atoms with Gasteiger partial charge in [-0.15, -0.1) is 0 Å². The molecule has 2 rings (SSSR count). The van der Waals surface area contributed by atoms with E-state index in [1.807, 2.05) is 0 Å². The van der Waals surface area contributed by atoms with Gasteiger partial charge in [0.05, 0.1) is 12.1 Å². The zero-order chi connectivity index (χ0) is 13.0. The number of amides is 1. The number of hydrogen-bond donors (Lipinski definition) is 3. The molecule has 4 nitrogen and oxygen atoms in total. The standard InChI is InChI=1S/C14H26N2O2/c15-9-10-5-7-11(8-6-10)14(18)16-12-3-1-2-4-13(12)17/h10-13,17H,1-9,15H2,(H,16,18). The first-order valence-corrected chi connectivity index (χ1v) is 7.39. The molecular formula is C14H26N2O2. The first-order chi connectivity index (χ1) is 8.70. The predicted octanol–water partition coefficient (Wildman–Crippen LogP) is 1.17. The summed E-state index contributed by atoms with van der Waals surface area (Å²) in [7, 11) is 0. The van der Waals surface area contributed by atoms with Crippen LogP contribution in [-0.4, -0.2) is 29.7 Å². The summed E-state index contributed by atoms with van der Waals surface area (Å²) in [5.74, 6) is 0.896. The van der Waals surface area contributed by atoms with Crippen LogP contribution in [0, 0.1) is 11.8 Å². The number of nitrogens with one attached hydrogen (secondary N) is 1. The van der Waals surface area contributed by atoms with Crippen molar-refractivity contribution in [3.05, 3.63) is 0 Å². The summed E-state index contributed by atoms with van der Waals surface area (Å²) in [6.45, 7) is 0.746. The molecule has 18 heavy (non-hydrogen) atoms. The van der Waals surface area contributed by atoms with Crippen molar-refractivity contribution < 1.29 is 9.90 Å². The molecule has 4 N–H and O–H groups in total. The highest BCUT2D eigenvalue weighted by molar-refractivity contribution is 5.79. The van der Waals surface area contributed by atoms with Crippen LogP contribution in [0.5, 0.6) is 0 Å². The Hall–Kier alpha value is -0.610. The van der Waals surface area contributed by atoms with Crippen molar-refractivity contribution in [2.75, 3.05) is 6.54 Å². The van der Waals surface area contributed by atoms with Crippen molar-refractivity contribution in [2.45, 2.75) is 63.5 Å². The van der Waals surface area contributed by atoms with Gasteiger partial charge in [0, 0.05) is 5.92 Å². The van der Waals surface area contributed by atoms with Crippen LogP contribution in [-0.2, 0) is 4.79 Å². The molecule has 0 aromatic heterocycles. The molecule has 0 radical (unpaired) electrons. The molecule has 2 saturated carbocycles. The SMILES string of the molecule is NCC1CCC(C(=O)NC2CCCCC2O)CC1. The van der Waals surface area contributed by atoms with Gasteiger partial charge < -0.3 is 16.2 Å². The molecule has 1 amide bonds. The van der Waals surface area contributed by atoms with Crippen LogP contribution in [0.2, 0.25) is 0 Å². The van der Waals surface area contributed by atoms with Crippen LogP contribution < -0.4 is 11.1 Å². The van der Waals surface area contributed by atoms with E-state index in [0.717, 1.165) is 57.9 Å². The van der Waals surface area contributed by atoms with E-state index in [-0.39, 0.29) is 24.0 Å². The minimum absolute atomic E-state index is 0.0153. The fourth-order valence-corrected chi connectivity index (χ4v) is 3.24. The van der Waals surface area contributed by atoms with Crippen LogP contribution in [0.1, 0.15) is 51.4 Å². The van der Waals surface area contributed by atoms with Crippen molar-refractivity contribution in [1.29, 1.82) is 0 Å². The molecule has 0 aromatic rings. The highest BCUT2D eigenvalue weighted by Crippen LogP contribution is 2.28. The lowest BCUT2D eigenvalue weighted by Gasteiger charge is -2.32. The largest absolute Gasteiger partial charge is 0.391 e. The summed E-state index contributed by atoms with van der Waals surface area (Å²) in [5, 5.41) is 12.9. The van der Waals surface area contributed by atoms with Crippen molar-refractivity contribution in [3.8, 4) is 0 Å². The zero-order valence-electron chi connectivity index (χ0n) is 11.1. The maximum Gasteiger partial charge on any atom is 0.223 e. The van der Waals surface area contributed by atoms with E-state index in [4.69, 9.17) is 5.73 Å². The maximum absolute atomic E-state index is 12.2. The van der Waals surface area contributed by atoms with E-state index >= 15 is 0 Å². The molecular weight excluding hydrogens is 228 g/mol. The summed E-state index contributed by atoms with van der Waals surface area (Å²) in [4.78, 5) is 12.2. The van der Waals surface area contributed by atoms with E-state index in [1.165, 1.54) is 0 Å². The lowest BCUT2D eigenvalue weighted by molar-refractivity contribution is -0.128. The Morgan fingerprint density at radius 1 is 1.11 bits per heavy atom. The molecule has 104 valence electrons. The number of nitrogens with two attached hydrogens (primary N) is 1. The van der Waals surface area contributed by atoms with Gasteiger partial charge in [-0.25, -0.2) is 0 Å². The number of carbonyl (C=O) groups is 1. The fraction of sp³-hybridized carbons (Fsp3) is 0.929. The van der Waals surface area contributed by atoms with E-state index < -0.39 is 0 Å². The van der Waals surface area contributed by atoms with Gasteiger partial charge in [0.2, 0.25) is 5.91 Å². The molecule has 2 fully saturated rings. The average molecular weight is 254 g/mol. The van der Waals surface area contributed by atoms with Gasteiger partial charge in [-0.1, -0.05) is 12.8 Å². The van der Waals surface area contributed by atoms with Gasteiger partial charge >= 0.3 is 0 Å². The lowest BCUT2D eigenvalue weighted by atomic mass is 9.81. The van der Waals surface area contributed by atoms with Crippen LogP contribution in [0.3, 0.4) is 0 Å². The summed E-state index contributed by atoms with van der Waals surface area (Å²) in [6.07, 6.45) is 7.65. The van der Waals surface area contributed by atoms with Crippen LogP contribution in [0.25, 0.3) is 0 Å². The van der Waals surface area contributed by atoms with E-state index in [1.54, 1.807) is 0 Å². The molecule has 0 spiro atoms. The molecule has 0 saturated heterocycles. The number of rotatable bonds is 3. The quantitative estimate of drug-likeness (QED) is 0.707. The molecule has 2 atom stereocenters. The van der Waals surface area contributed by atoms with Crippen LogP contribution >= 0.6 is 0 Å². The Kier molecular flexibility index (Phi) is 5.01. The highest BCUT2D eigenvalue weighted by atomic mass is 16.3. The van der Waals surface area contributed by atoms with Crippen molar-refractivity contribution in [2.24, 2.45) is 17.6 Å².